The van der Waals surface area contributed by atoms with E-state index in [2.05, 4.69) is 10.4 Å². The Morgan fingerprint density at radius 2 is 2.00 bits per heavy atom. The van der Waals surface area contributed by atoms with Crippen LogP contribution in [0.1, 0.15) is 24.5 Å². The number of anilines is 2. The molecule has 1 aromatic heterocycles. The maximum Gasteiger partial charge on any atom is 0.267 e. The quantitative estimate of drug-likeness (QED) is 0.635. The van der Waals surface area contributed by atoms with Gasteiger partial charge in [-0.25, -0.2) is 13.5 Å². The van der Waals surface area contributed by atoms with Gasteiger partial charge in [-0.2, -0.15) is 5.10 Å². The van der Waals surface area contributed by atoms with Crippen molar-refractivity contribution in [1.82, 2.24) is 9.78 Å². The van der Waals surface area contributed by atoms with Crippen molar-refractivity contribution in [2.45, 2.75) is 32.9 Å². The van der Waals surface area contributed by atoms with Gasteiger partial charge in [-0.1, -0.05) is 12.1 Å². The molecule has 0 radical (unpaired) electrons. The highest BCUT2D eigenvalue weighted by Crippen LogP contribution is 2.33. The van der Waals surface area contributed by atoms with Gasteiger partial charge in [0.05, 0.1) is 18.4 Å². The van der Waals surface area contributed by atoms with Crippen LogP contribution in [0.5, 0.6) is 5.75 Å². The van der Waals surface area contributed by atoms with Crippen molar-refractivity contribution in [2.75, 3.05) is 16.8 Å². The number of nitrogens with one attached hydrogen (secondary N) is 1. The van der Waals surface area contributed by atoms with Crippen LogP contribution in [0.4, 0.5) is 20.3 Å². The Morgan fingerprint density at radius 1 is 1.22 bits per heavy atom. The Labute approximate surface area is 183 Å². The number of ether oxygens (including phenoxy) is 1. The number of halogens is 2. The first-order valence-corrected chi connectivity index (χ1v) is 10.2. The molecule has 2 amide bonds. The molecule has 2 aromatic carbocycles. The SMILES string of the molecule is Cc1cnn(Cc2cc(F)ccc2F)c1NC(=O)CCN1C(=O)C(C)Oc2ccccc21. The van der Waals surface area contributed by atoms with E-state index in [1.54, 1.807) is 32.0 Å². The number of carbonyl (C=O) groups excluding carboxylic acids is 2. The van der Waals surface area contributed by atoms with E-state index in [-0.39, 0.29) is 36.9 Å². The second-order valence-corrected chi connectivity index (χ2v) is 7.59. The number of benzene rings is 2. The first-order chi connectivity index (χ1) is 15.3. The molecule has 1 N–H and O–H groups in total. The Morgan fingerprint density at radius 3 is 2.81 bits per heavy atom. The summed E-state index contributed by atoms with van der Waals surface area (Å²) in [6.07, 6.45) is 0.930. The lowest BCUT2D eigenvalue weighted by Gasteiger charge is -2.32. The number of fused-ring (bicyclic) bond motifs is 1. The highest BCUT2D eigenvalue weighted by atomic mass is 19.1. The van der Waals surface area contributed by atoms with Gasteiger partial charge in [0.15, 0.2) is 6.10 Å². The number of nitrogens with zero attached hydrogens (tertiary/aromatic N) is 3. The third-order valence-electron chi connectivity index (χ3n) is 5.24. The number of para-hydroxylation sites is 2. The van der Waals surface area contributed by atoms with Crippen LogP contribution >= 0.6 is 0 Å². The van der Waals surface area contributed by atoms with Crippen LogP contribution in [-0.2, 0) is 16.1 Å². The summed E-state index contributed by atoms with van der Waals surface area (Å²) in [4.78, 5) is 26.8. The summed E-state index contributed by atoms with van der Waals surface area (Å²) in [5.41, 5.74) is 1.41. The molecule has 4 rings (SSSR count). The Bertz CT molecular complexity index is 1180. The van der Waals surface area contributed by atoms with E-state index in [1.807, 2.05) is 6.07 Å². The van der Waals surface area contributed by atoms with Crippen molar-refractivity contribution < 1.29 is 23.1 Å². The van der Waals surface area contributed by atoms with Gasteiger partial charge < -0.3 is 15.0 Å². The van der Waals surface area contributed by atoms with E-state index in [9.17, 15) is 18.4 Å². The molecule has 1 unspecified atom stereocenters. The minimum atomic E-state index is -0.641. The largest absolute Gasteiger partial charge is 0.479 e. The van der Waals surface area contributed by atoms with E-state index in [0.717, 1.165) is 18.2 Å². The molecule has 0 spiro atoms. The lowest BCUT2D eigenvalue weighted by molar-refractivity contribution is -0.125. The van der Waals surface area contributed by atoms with Crippen molar-refractivity contribution >= 4 is 23.3 Å². The van der Waals surface area contributed by atoms with Gasteiger partial charge in [-0.3, -0.25) is 9.59 Å². The number of hydrogen-bond acceptors (Lipinski definition) is 4. The molecule has 7 nitrogen and oxygen atoms in total. The molecule has 1 atom stereocenters. The summed E-state index contributed by atoms with van der Waals surface area (Å²) in [5.74, 6) is -0.693. The smallest absolute Gasteiger partial charge is 0.267 e. The van der Waals surface area contributed by atoms with Gasteiger partial charge in [0, 0.05) is 24.1 Å². The summed E-state index contributed by atoms with van der Waals surface area (Å²) in [6.45, 7) is 3.55. The maximum absolute atomic E-state index is 14.0. The minimum absolute atomic E-state index is 0.0335. The standard InChI is InChI=1S/C23H22F2N4O3/c1-14-12-26-29(13-16-11-17(24)7-8-18(16)25)22(14)27-21(30)9-10-28-19-5-3-4-6-20(19)32-15(2)23(28)31/h3-8,11-12,15H,9-10,13H2,1-2H3,(H,27,30). The number of rotatable bonds is 6. The Hall–Kier alpha value is -3.75. The molecule has 1 aliphatic rings. The van der Waals surface area contributed by atoms with Gasteiger partial charge in [0.1, 0.15) is 23.2 Å². The molecule has 0 aliphatic carbocycles. The molecule has 1 aliphatic heterocycles. The Balaban J connectivity index is 1.46. The molecule has 0 bridgehead atoms. The summed E-state index contributed by atoms with van der Waals surface area (Å²) < 4.78 is 34.5. The monoisotopic (exact) mass is 440 g/mol. The fourth-order valence-electron chi connectivity index (χ4n) is 3.58. The molecule has 0 fully saturated rings. The highest BCUT2D eigenvalue weighted by molar-refractivity contribution is 6.00. The highest BCUT2D eigenvalue weighted by Gasteiger charge is 2.31. The topological polar surface area (TPSA) is 76.5 Å². The van der Waals surface area contributed by atoms with Crippen LogP contribution in [0.3, 0.4) is 0 Å². The maximum atomic E-state index is 14.0. The third kappa shape index (κ3) is 4.32. The first kappa shape index (κ1) is 21.5. The predicted octanol–water partition coefficient (Wildman–Crippen LogP) is 3.66. The second-order valence-electron chi connectivity index (χ2n) is 7.59. The van der Waals surface area contributed by atoms with Crippen molar-refractivity contribution in [3.8, 4) is 5.75 Å². The number of carbonyl (C=O) groups is 2. The lowest BCUT2D eigenvalue weighted by atomic mass is 10.1. The fraction of sp³-hybridized carbons (Fsp3) is 0.261. The van der Waals surface area contributed by atoms with Crippen LogP contribution in [0.25, 0.3) is 0 Å². The second kappa shape index (κ2) is 8.78. The fourth-order valence-corrected chi connectivity index (χ4v) is 3.58. The van der Waals surface area contributed by atoms with Gasteiger partial charge in [-0.15, -0.1) is 0 Å². The van der Waals surface area contributed by atoms with Crippen molar-refractivity contribution in [1.29, 1.82) is 0 Å². The molecule has 0 saturated heterocycles. The van der Waals surface area contributed by atoms with Crippen molar-refractivity contribution in [2.24, 2.45) is 0 Å². The van der Waals surface area contributed by atoms with Gasteiger partial charge >= 0.3 is 0 Å². The molecule has 166 valence electrons. The van der Waals surface area contributed by atoms with E-state index in [0.29, 0.717) is 22.8 Å². The van der Waals surface area contributed by atoms with E-state index >= 15 is 0 Å². The summed E-state index contributed by atoms with van der Waals surface area (Å²) in [7, 11) is 0. The van der Waals surface area contributed by atoms with Crippen LogP contribution in [0.15, 0.2) is 48.7 Å². The number of hydrogen-bond donors (Lipinski definition) is 1. The third-order valence-corrected chi connectivity index (χ3v) is 5.24. The van der Waals surface area contributed by atoms with Crippen LogP contribution in [0, 0.1) is 18.6 Å². The first-order valence-electron chi connectivity index (χ1n) is 10.2. The molecule has 2 heterocycles. The molecular weight excluding hydrogens is 418 g/mol. The van der Waals surface area contributed by atoms with Gasteiger partial charge in [0.2, 0.25) is 5.91 Å². The Kier molecular flexibility index (Phi) is 5.89. The lowest BCUT2D eigenvalue weighted by Crippen LogP contribution is -2.45. The van der Waals surface area contributed by atoms with Crippen LogP contribution in [-0.4, -0.2) is 34.2 Å². The van der Waals surface area contributed by atoms with Crippen molar-refractivity contribution in [3.63, 3.8) is 0 Å². The molecule has 0 saturated carbocycles. The predicted molar refractivity (Wildman–Crippen MR) is 115 cm³/mol. The van der Waals surface area contributed by atoms with E-state index in [4.69, 9.17) is 4.74 Å². The van der Waals surface area contributed by atoms with Gasteiger partial charge in [0.25, 0.3) is 5.91 Å². The summed E-state index contributed by atoms with van der Waals surface area (Å²) in [6, 6.07) is 10.4. The summed E-state index contributed by atoms with van der Waals surface area (Å²) >= 11 is 0. The van der Waals surface area contributed by atoms with E-state index in [1.165, 1.54) is 15.8 Å². The summed E-state index contributed by atoms with van der Waals surface area (Å²) in [5, 5.41) is 6.95. The average Bonchev–Trinajstić information content (AvgIpc) is 3.10. The minimum Gasteiger partial charge on any atom is -0.479 e. The van der Waals surface area contributed by atoms with Crippen molar-refractivity contribution in [3.05, 3.63) is 71.4 Å². The van der Waals surface area contributed by atoms with Gasteiger partial charge in [-0.05, 0) is 44.2 Å². The van der Waals surface area contributed by atoms with Crippen LogP contribution in [0.2, 0.25) is 0 Å². The number of aromatic nitrogens is 2. The number of aryl methyl sites for hydroxylation is 1. The molecule has 9 heteroatoms. The average molecular weight is 440 g/mol. The molecule has 32 heavy (non-hydrogen) atoms. The zero-order valence-electron chi connectivity index (χ0n) is 17.6. The molecular formula is C23H22F2N4O3. The normalized spacial score (nSPS) is 15.3. The zero-order valence-corrected chi connectivity index (χ0v) is 17.6. The molecule has 3 aromatic rings. The van der Waals surface area contributed by atoms with E-state index < -0.39 is 17.7 Å². The van der Waals surface area contributed by atoms with Crippen LogP contribution < -0.4 is 15.0 Å². The number of amides is 2. The zero-order chi connectivity index (χ0) is 22.8.